The molecule has 0 bridgehead atoms. The van der Waals surface area contributed by atoms with Gasteiger partial charge in [0.2, 0.25) is 5.91 Å². The van der Waals surface area contributed by atoms with Gasteiger partial charge in [-0.3, -0.25) is 4.79 Å². The molecule has 0 radical (unpaired) electrons. The smallest absolute Gasteiger partial charge is 0.358 e. The average molecular weight is 429 g/mol. The second kappa shape index (κ2) is 6.73. The lowest BCUT2D eigenvalue weighted by atomic mass is 10.3. The molecule has 2 rings (SSSR count). The number of anilines is 1. The van der Waals surface area contributed by atoms with E-state index in [9.17, 15) is 28.1 Å². The van der Waals surface area contributed by atoms with Gasteiger partial charge in [-0.25, -0.2) is 4.98 Å². The van der Waals surface area contributed by atoms with E-state index in [2.05, 4.69) is 31.3 Å². The molecule has 0 fully saturated rings. The Labute approximate surface area is 144 Å². The zero-order valence-electron chi connectivity index (χ0n) is 11.3. The van der Waals surface area contributed by atoms with Gasteiger partial charge >= 0.3 is 12.0 Å². The predicted molar refractivity (Wildman–Crippen MR) is 79.5 cm³/mol. The van der Waals surface area contributed by atoms with Crippen LogP contribution in [0.1, 0.15) is 5.56 Å². The SMILES string of the molecule is O=C(Cn1cc(Br)c([N+](=O)[O-])n1)Nc1ncc(C(F)(F)F)cc1Cl. The Kier molecular flexibility index (Phi) is 5.08. The Morgan fingerprint density at radius 1 is 1.50 bits per heavy atom. The second-order valence-corrected chi connectivity index (χ2v) is 5.62. The summed E-state index contributed by atoms with van der Waals surface area (Å²) in [6.45, 7) is -0.425. The minimum absolute atomic E-state index is 0.0750. The minimum Gasteiger partial charge on any atom is -0.358 e. The Bertz CT molecular complexity index is 811. The first kappa shape index (κ1) is 18.1. The van der Waals surface area contributed by atoms with Crippen molar-refractivity contribution >= 4 is 45.1 Å². The Morgan fingerprint density at radius 2 is 2.17 bits per heavy atom. The highest BCUT2D eigenvalue weighted by Gasteiger charge is 2.31. The van der Waals surface area contributed by atoms with Crippen molar-refractivity contribution in [3.8, 4) is 0 Å². The van der Waals surface area contributed by atoms with Crippen molar-refractivity contribution in [3.05, 3.63) is 43.6 Å². The summed E-state index contributed by atoms with van der Waals surface area (Å²) in [5.74, 6) is -1.47. The molecule has 1 N–H and O–H groups in total. The fourth-order valence-corrected chi connectivity index (χ4v) is 2.27. The third-order valence-electron chi connectivity index (χ3n) is 2.60. The largest absolute Gasteiger partial charge is 0.417 e. The van der Waals surface area contributed by atoms with Crippen LogP contribution in [0.15, 0.2) is 22.9 Å². The van der Waals surface area contributed by atoms with Gasteiger partial charge in [0.15, 0.2) is 5.82 Å². The maximum absolute atomic E-state index is 12.5. The summed E-state index contributed by atoms with van der Waals surface area (Å²) in [5.41, 5.74) is -1.06. The molecule has 24 heavy (non-hydrogen) atoms. The number of carbonyl (C=O) groups excluding carboxylic acids is 1. The topological polar surface area (TPSA) is 103 Å². The van der Waals surface area contributed by atoms with Gasteiger partial charge in [-0.2, -0.15) is 17.9 Å². The Balaban J connectivity index is 2.10. The predicted octanol–water partition coefficient (Wildman–Crippen LogP) is 3.26. The van der Waals surface area contributed by atoms with Crippen LogP contribution >= 0.6 is 27.5 Å². The van der Waals surface area contributed by atoms with Gasteiger partial charge in [-0.15, -0.1) is 0 Å². The van der Waals surface area contributed by atoms with Crippen LogP contribution in [0.25, 0.3) is 0 Å². The monoisotopic (exact) mass is 427 g/mol. The summed E-state index contributed by atoms with van der Waals surface area (Å²) in [7, 11) is 0. The highest BCUT2D eigenvalue weighted by Crippen LogP contribution is 2.32. The van der Waals surface area contributed by atoms with E-state index in [0.717, 1.165) is 4.68 Å². The van der Waals surface area contributed by atoms with Gasteiger partial charge in [0.25, 0.3) is 0 Å². The molecule has 2 aromatic heterocycles. The molecule has 0 aromatic carbocycles. The van der Waals surface area contributed by atoms with E-state index in [1.807, 2.05) is 0 Å². The quantitative estimate of drug-likeness (QED) is 0.595. The highest BCUT2D eigenvalue weighted by molar-refractivity contribution is 9.10. The number of aromatic nitrogens is 3. The number of carbonyl (C=O) groups is 1. The van der Waals surface area contributed by atoms with E-state index in [4.69, 9.17) is 11.6 Å². The minimum atomic E-state index is -4.61. The van der Waals surface area contributed by atoms with Gasteiger partial charge in [-0.05, 0) is 26.9 Å². The molecular weight excluding hydrogens is 423 g/mol. The molecule has 0 aliphatic heterocycles. The van der Waals surface area contributed by atoms with E-state index in [1.165, 1.54) is 6.20 Å². The first-order chi connectivity index (χ1) is 11.1. The molecule has 1 amide bonds. The number of hydrogen-bond acceptors (Lipinski definition) is 5. The van der Waals surface area contributed by atoms with Crippen molar-refractivity contribution in [2.75, 3.05) is 5.32 Å². The summed E-state index contributed by atoms with van der Waals surface area (Å²) < 4.78 is 38.6. The standard InChI is InChI=1S/C11H6BrClF3N5O3/c12-6-3-20(19-10(6)21(23)24)4-8(22)18-9-7(13)1-5(2-17-9)11(14,15)16/h1-3H,4H2,(H,17,18,22). The van der Waals surface area contributed by atoms with Gasteiger partial charge in [0.05, 0.1) is 21.9 Å². The summed E-state index contributed by atoms with van der Waals surface area (Å²) in [6, 6.07) is 0.625. The van der Waals surface area contributed by atoms with Crippen molar-refractivity contribution in [2.24, 2.45) is 0 Å². The number of nitro groups is 1. The number of amides is 1. The van der Waals surface area contributed by atoms with Crippen molar-refractivity contribution in [2.45, 2.75) is 12.7 Å². The fraction of sp³-hybridized carbons (Fsp3) is 0.182. The maximum Gasteiger partial charge on any atom is 0.417 e. The van der Waals surface area contributed by atoms with Crippen LogP contribution in [0.4, 0.5) is 24.8 Å². The van der Waals surface area contributed by atoms with Gasteiger partial charge in [0, 0.05) is 6.20 Å². The fourth-order valence-electron chi connectivity index (χ4n) is 1.60. The van der Waals surface area contributed by atoms with Crippen molar-refractivity contribution in [1.82, 2.24) is 14.8 Å². The molecule has 0 unspecified atom stereocenters. The van der Waals surface area contributed by atoms with Crippen molar-refractivity contribution in [1.29, 1.82) is 0 Å². The normalized spacial score (nSPS) is 11.4. The zero-order chi connectivity index (χ0) is 18.1. The lowest BCUT2D eigenvalue weighted by Crippen LogP contribution is -2.20. The zero-order valence-corrected chi connectivity index (χ0v) is 13.7. The third-order valence-corrected chi connectivity index (χ3v) is 3.45. The molecule has 128 valence electrons. The van der Waals surface area contributed by atoms with Gasteiger partial charge in [-0.1, -0.05) is 11.6 Å². The molecule has 0 aliphatic rings. The Hall–Kier alpha value is -2.21. The second-order valence-electron chi connectivity index (χ2n) is 4.36. The first-order valence-electron chi connectivity index (χ1n) is 5.98. The molecule has 2 aromatic rings. The molecule has 0 atom stereocenters. The Morgan fingerprint density at radius 3 is 2.67 bits per heavy atom. The third kappa shape index (κ3) is 4.20. The van der Waals surface area contributed by atoms with Crippen LogP contribution in [0.2, 0.25) is 5.02 Å². The number of nitrogens with one attached hydrogen (secondary N) is 1. The number of rotatable bonds is 4. The lowest BCUT2D eigenvalue weighted by molar-refractivity contribution is -0.390. The van der Waals surface area contributed by atoms with E-state index < -0.39 is 40.0 Å². The van der Waals surface area contributed by atoms with Gasteiger partial charge in [0.1, 0.15) is 11.0 Å². The number of alkyl halides is 3. The summed E-state index contributed by atoms with van der Waals surface area (Å²) in [4.78, 5) is 25.2. The van der Waals surface area contributed by atoms with Crippen LogP contribution in [0.5, 0.6) is 0 Å². The first-order valence-corrected chi connectivity index (χ1v) is 7.15. The molecule has 0 saturated carbocycles. The maximum atomic E-state index is 12.5. The average Bonchev–Trinajstić information content (AvgIpc) is 2.80. The van der Waals surface area contributed by atoms with E-state index in [-0.39, 0.29) is 10.3 Å². The number of nitrogens with zero attached hydrogens (tertiary/aromatic N) is 4. The molecule has 13 heteroatoms. The molecule has 0 saturated heterocycles. The number of halogens is 5. The summed E-state index contributed by atoms with van der Waals surface area (Å²) in [5, 5.41) is 16.0. The van der Waals surface area contributed by atoms with Gasteiger partial charge < -0.3 is 15.4 Å². The van der Waals surface area contributed by atoms with Crippen LogP contribution in [0, 0.1) is 10.1 Å². The molecular formula is C11H6BrClF3N5O3. The van der Waals surface area contributed by atoms with Crippen molar-refractivity contribution in [3.63, 3.8) is 0 Å². The molecule has 0 aliphatic carbocycles. The van der Waals surface area contributed by atoms with E-state index in [1.54, 1.807) is 0 Å². The van der Waals surface area contributed by atoms with E-state index in [0.29, 0.717) is 12.3 Å². The number of pyridine rings is 1. The molecule has 0 spiro atoms. The van der Waals surface area contributed by atoms with Crippen LogP contribution in [-0.4, -0.2) is 25.6 Å². The summed E-state index contributed by atoms with van der Waals surface area (Å²) in [6.07, 6.45) is -2.88. The van der Waals surface area contributed by atoms with Crippen LogP contribution < -0.4 is 5.32 Å². The van der Waals surface area contributed by atoms with Crippen LogP contribution in [0.3, 0.4) is 0 Å². The van der Waals surface area contributed by atoms with Crippen molar-refractivity contribution < 1.29 is 22.9 Å². The lowest BCUT2D eigenvalue weighted by Gasteiger charge is -2.09. The summed E-state index contributed by atoms with van der Waals surface area (Å²) >= 11 is 8.57. The highest BCUT2D eigenvalue weighted by atomic mass is 79.9. The van der Waals surface area contributed by atoms with E-state index >= 15 is 0 Å². The van der Waals surface area contributed by atoms with Crippen LogP contribution in [-0.2, 0) is 17.5 Å². The molecule has 2 heterocycles. The number of hydrogen-bond donors (Lipinski definition) is 1. The molecule has 8 nitrogen and oxygen atoms in total.